The zero-order chi connectivity index (χ0) is 12.5. The van der Waals surface area contributed by atoms with Crippen molar-refractivity contribution in [3.63, 3.8) is 0 Å². The number of carbonyl (C=O) groups is 1. The molecule has 0 fully saturated rings. The van der Waals surface area contributed by atoms with E-state index in [-0.39, 0.29) is 5.75 Å². The first-order valence-corrected chi connectivity index (χ1v) is 6.55. The Morgan fingerprint density at radius 2 is 2.11 bits per heavy atom. The van der Waals surface area contributed by atoms with E-state index in [1.165, 1.54) is 0 Å². The Morgan fingerprint density at radius 1 is 1.33 bits per heavy atom. The molecular weight excluding hydrogens is 248 g/mol. The summed E-state index contributed by atoms with van der Waals surface area (Å²) in [6.45, 7) is 1.41. The number of aromatic hydroxyl groups is 1. The molecule has 2 heterocycles. The third kappa shape index (κ3) is 1.97. The SMILES string of the molecule is O=CN1CCc2nc(-c3ccc(O)cc3)sc2C1. The quantitative estimate of drug-likeness (QED) is 0.841. The smallest absolute Gasteiger partial charge is 0.210 e. The molecule has 0 bridgehead atoms. The topological polar surface area (TPSA) is 53.4 Å². The molecule has 1 amide bonds. The van der Waals surface area contributed by atoms with Crippen molar-refractivity contribution in [2.75, 3.05) is 6.54 Å². The van der Waals surface area contributed by atoms with E-state index < -0.39 is 0 Å². The van der Waals surface area contributed by atoms with E-state index in [4.69, 9.17) is 0 Å². The van der Waals surface area contributed by atoms with Crippen LogP contribution in [0.1, 0.15) is 10.6 Å². The lowest BCUT2D eigenvalue weighted by Crippen LogP contribution is -2.28. The van der Waals surface area contributed by atoms with Crippen molar-refractivity contribution in [3.05, 3.63) is 34.8 Å². The first-order valence-electron chi connectivity index (χ1n) is 5.73. The number of aromatic nitrogens is 1. The number of thiazole rings is 1. The fourth-order valence-corrected chi connectivity index (χ4v) is 3.17. The highest BCUT2D eigenvalue weighted by atomic mass is 32.1. The predicted molar refractivity (Wildman–Crippen MR) is 69.4 cm³/mol. The van der Waals surface area contributed by atoms with E-state index in [9.17, 15) is 9.90 Å². The molecule has 1 aliphatic heterocycles. The van der Waals surface area contributed by atoms with Crippen molar-refractivity contribution < 1.29 is 9.90 Å². The van der Waals surface area contributed by atoms with Crippen LogP contribution < -0.4 is 0 Å². The lowest BCUT2D eigenvalue weighted by atomic mass is 10.2. The molecule has 0 saturated carbocycles. The maximum Gasteiger partial charge on any atom is 0.210 e. The lowest BCUT2D eigenvalue weighted by molar-refractivity contribution is -0.118. The number of phenolic OH excluding ortho intramolecular Hbond substituents is 1. The average molecular weight is 260 g/mol. The zero-order valence-electron chi connectivity index (χ0n) is 9.67. The van der Waals surface area contributed by atoms with Crippen LogP contribution in [0.25, 0.3) is 10.6 Å². The fraction of sp³-hybridized carbons (Fsp3) is 0.231. The standard InChI is InChI=1S/C13H12N2O2S/c16-8-15-6-5-11-12(7-15)18-13(14-11)9-1-3-10(17)4-2-9/h1-4,8,17H,5-7H2. The van der Waals surface area contributed by atoms with Gasteiger partial charge in [0.2, 0.25) is 6.41 Å². The van der Waals surface area contributed by atoms with Crippen molar-refractivity contribution in [2.24, 2.45) is 0 Å². The van der Waals surface area contributed by atoms with Gasteiger partial charge in [-0.3, -0.25) is 4.79 Å². The van der Waals surface area contributed by atoms with Gasteiger partial charge in [-0.25, -0.2) is 4.98 Å². The second-order valence-corrected chi connectivity index (χ2v) is 5.35. The number of nitrogens with zero attached hydrogens (tertiary/aromatic N) is 2. The van der Waals surface area contributed by atoms with Crippen LogP contribution in [0.5, 0.6) is 5.75 Å². The minimum Gasteiger partial charge on any atom is -0.508 e. The van der Waals surface area contributed by atoms with E-state index in [1.807, 2.05) is 12.1 Å². The Morgan fingerprint density at radius 3 is 2.83 bits per heavy atom. The van der Waals surface area contributed by atoms with Crippen molar-refractivity contribution in [1.82, 2.24) is 9.88 Å². The molecule has 0 unspecified atom stereocenters. The van der Waals surface area contributed by atoms with Gasteiger partial charge in [-0.15, -0.1) is 11.3 Å². The Bertz CT molecular complexity index is 577. The third-order valence-corrected chi connectivity index (χ3v) is 4.16. The normalized spacial score (nSPS) is 14.3. The molecule has 2 aromatic rings. The number of phenols is 1. The van der Waals surface area contributed by atoms with E-state index in [1.54, 1.807) is 28.4 Å². The van der Waals surface area contributed by atoms with E-state index in [0.717, 1.165) is 40.5 Å². The van der Waals surface area contributed by atoms with Crippen molar-refractivity contribution in [2.45, 2.75) is 13.0 Å². The second kappa shape index (κ2) is 4.42. The summed E-state index contributed by atoms with van der Waals surface area (Å²) in [4.78, 5) is 18.3. The Balaban J connectivity index is 1.93. The third-order valence-electron chi connectivity index (χ3n) is 3.02. The highest BCUT2D eigenvalue weighted by molar-refractivity contribution is 7.15. The van der Waals surface area contributed by atoms with Gasteiger partial charge >= 0.3 is 0 Å². The van der Waals surface area contributed by atoms with Crippen LogP contribution >= 0.6 is 11.3 Å². The summed E-state index contributed by atoms with van der Waals surface area (Å²) >= 11 is 1.62. The summed E-state index contributed by atoms with van der Waals surface area (Å²) in [5, 5.41) is 10.2. The molecule has 0 spiro atoms. The first kappa shape index (κ1) is 11.2. The lowest BCUT2D eigenvalue weighted by Gasteiger charge is -2.20. The maximum absolute atomic E-state index is 10.8. The Kier molecular flexibility index (Phi) is 2.76. The van der Waals surface area contributed by atoms with Crippen molar-refractivity contribution in [1.29, 1.82) is 0 Å². The van der Waals surface area contributed by atoms with E-state index in [2.05, 4.69) is 4.98 Å². The monoisotopic (exact) mass is 260 g/mol. The van der Waals surface area contributed by atoms with Gasteiger partial charge in [0.25, 0.3) is 0 Å². The molecule has 3 rings (SSSR count). The van der Waals surface area contributed by atoms with Gasteiger partial charge < -0.3 is 10.0 Å². The first-order chi connectivity index (χ1) is 8.76. The van der Waals surface area contributed by atoms with Crippen LogP contribution in [0, 0.1) is 0 Å². The minimum atomic E-state index is 0.257. The van der Waals surface area contributed by atoms with Gasteiger partial charge in [0.05, 0.1) is 12.2 Å². The van der Waals surface area contributed by atoms with Crippen LogP contribution in [0.3, 0.4) is 0 Å². The molecule has 18 heavy (non-hydrogen) atoms. The fourth-order valence-electron chi connectivity index (χ4n) is 2.03. The zero-order valence-corrected chi connectivity index (χ0v) is 10.5. The van der Waals surface area contributed by atoms with Gasteiger partial charge in [-0.2, -0.15) is 0 Å². The van der Waals surface area contributed by atoms with Crippen LogP contribution in [0.15, 0.2) is 24.3 Å². The molecule has 1 aliphatic rings. The van der Waals surface area contributed by atoms with Crippen LogP contribution in [0.4, 0.5) is 0 Å². The molecule has 0 aliphatic carbocycles. The molecule has 1 aromatic carbocycles. The summed E-state index contributed by atoms with van der Waals surface area (Å²) in [5.74, 6) is 0.257. The summed E-state index contributed by atoms with van der Waals surface area (Å²) in [6.07, 6.45) is 1.71. The number of carbonyl (C=O) groups excluding carboxylic acids is 1. The molecule has 1 aromatic heterocycles. The molecular formula is C13H12N2O2S. The van der Waals surface area contributed by atoms with Crippen LogP contribution in [-0.4, -0.2) is 27.9 Å². The molecule has 5 heteroatoms. The Hall–Kier alpha value is -1.88. The summed E-state index contributed by atoms with van der Waals surface area (Å²) < 4.78 is 0. The summed E-state index contributed by atoms with van der Waals surface area (Å²) in [7, 11) is 0. The number of fused-ring (bicyclic) bond motifs is 1. The molecule has 1 N–H and O–H groups in total. The van der Waals surface area contributed by atoms with E-state index >= 15 is 0 Å². The summed E-state index contributed by atoms with van der Waals surface area (Å²) in [5.41, 5.74) is 2.10. The number of rotatable bonds is 2. The molecule has 92 valence electrons. The van der Waals surface area contributed by atoms with Gasteiger partial charge in [0.15, 0.2) is 0 Å². The second-order valence-electron chi connectivity index (χ2n) is 4.26. The number of hydrogen-bond acceptors (Lipinski definition) is 4. The van der Waals surface area contributed by atoms with Crippen LogP contribution in [0.2, 0.25) is 0 Å². The number of benzene rings is 1. The van der Waals surface area contributed by atoms with Gasteiger partial charge in [-0.1, -0.05) is 0 Å². The van der Waals surface area contributed by atoms with Gasteiger partial charge in [0, 0.05) is 23.4 Å². The average Bonchev–Trinajstić information content (AvgIpc) is 2.82. The van der Waals surface area contributed by atoms with Crippen molar-refractivity contribution >= 4 is 17.7 Å². The predicted octanol–water partition coefficient (Wildman–Crippen LogP) is 2.03. The molecule has 0 atom stereocenters. The highest BCUT2D eigenvalue weighted by Crippen LogP contribution is 2.31. The number of hydrogen-bond donors (Lipinski definition) is 1. The summed E-state index contributed by atoms with van der Waals surface area (Å²) in [6, 6.07) is 7.04. The highest BCUT2D eigenvalue weighted by Gasteiger charge is 2.19. The molecule has 0 radical (unpaired) electrons. The van der Waals surface area contributed by atoms with Crippen molar-refractivity contribution in [3.8, 4) is 16.3 Å². The number of amides is 1. The van der Waals surface area contributed by atoms with E-state index in [0.29, 0.717) is 6.54 Å². The Labute approximate surface area is 109 Å². The maximum atomic E-state index is 10.8. The molecule has 0 saturated heterocycles. The van der Waals surface area contributed by atoms with Crippen LogP contribution in [-0.2, 0) is 17.8 Å². The van der Waals surface area contributed by atoms with Gasteiger partial charge in [-0.05, 0) is 24.3 Å². The van der Waals surface area contributed by atoms with Gasteiger partial charge in [0.1, 0.15) is 10.8 Å². The molecule has 4 nitrogen and oxygen atoms in total. The largest absolute Gasteiger partial charge is 0.508 e. The minimum absolute atomic E-state index is 0.257.